The number of fused-ring (bicyclic) bond motifs is 1. The predicted octanol–water partition coefficient (Wildman–Crippen LogP) is 6.00. The van der Waals surface area contributed by atoms with Gasteiger partial charge in [0.2, 0.25) is 5.88 Å². The molecule has 0 saturated carbocycles. The molecular weight excluding hydrogens is 407 g/mol. The Kier molecular flexibility index (Phi) is 5.45. The molecule has 4 rings (SSSR count). The Morgan fingerprint density at radius 2 is 1.93 bits per heavy atom. The van der Waals surface area contributed by atoms with E-state index < -0.39 is 5.82 Å². The van der Waals surface area contributed by atoms with Gasteiger partial charge in [-0.25, -0.2) is 19.3 Å². The van der Waals surface area contributed by atoms with Crippen LogP contribution in [0.2, 0.25) is 5.02 Å². The van der Waals surface area contributed by atoms with Crippen molar-refractivity contribution in [3.8, 4) is 17.4 Å². The van der Waals surface area contributed by atoms with Crippen LogP contribution in [-0.4, -0.2) is 22.1 Å². The Hall–Kier alpha value is -3.71. The van der Waals surface area contributed by atoms with Crippen LogP contribution in [0.3, 0.4) is 0 Å². The fraction of sp³-hybridized carbons (Fsp3) is 0.0455. The van der Waals surface area contributed by atoms with Crippen LogP contribution in [0.25, 0.3) is 17.0 Å². The van der Waals surface area contributed by atoms with Gasteiger partial charge >= 0.3 is 0 Å². The second-order valence-electron chi connectivity index (χ2n) is 6.18. The van der Waals surface area contributed by atoms with E-state index in [4.69, 9.17) is 21.1 Å². The van der Waals surface area contributed by atoms with Gasteiger partial charge in [-0.2, -0.15) is 0 Å². The zero-order valence-electron chi connectivity index (χ0n) is 15.9. The Bertz CT molecular complexity index is 1250. The first-order valence-electron chi connectivity index (χ1n) is 8.90. The molecule has 0 spiro atoms. The lowest BCUT2D eigenvalue weighted by Gasteiger charge is -2.14. The van der Waals surface area contributed by atoms with Gasteiger partial charge in [-0.3, -0.25) is 0 Å². The molecule has 6 nitrogen and oxygen atoms in total. The van der Waals surface area contributed by atoms with E-state index in [1.165, 1.54) is 19.5 Å². The number of halogens is 2. The van der Waals surface area contributed by atoms with Crippen molar-refractivity contribution in [3.05, 3.63) is 78.0 Å². The average molecular weight is 423 g/mol. The minimum Gasteiger partial charge on any atom is -0.493 e. The molecule has 2 aromatic carbocycles. The third kappa shape index (κ3) is 3.88. The largest absolute Gasteiger partial charge is 0.493 e. The molecule has 1 N–H and O–H groups in total. The number of benzene rings is 2. The highest BCUT2D eigenvalue weighted by atomic mass is 35.5. The molecular formula is C22H16ClFN4O2. The lowest BCUT2D eigenvalue weighted by Crippen LogP contribution is -2.00. The number of nitrogens with zero attached hydrogens (tertiary/aromatic N) is 3. The fourth-order valence-electron chi connectivity index (χ4n) is 2.84. The van der Waals surface area contributed by atoms with Crippen LogP contribution in [0.15, 0.2) is 61.4 Å². The quantitative estimate of drug-likeness (QED) is 0.410. The lowest BCUT2D eigenvalue weighted by molar-refractivity contribution is 0.375. The second kappa shape index (κ2) is 8.34. The maximum Gasteiger partial charge on any atom is 0.219 e. The van der Waals surface area contributed by atoms with Crippen molar-refractivity contribution in [1.82, 2.24) is 15.0 Å². The molecule has 0 unspecified atom stereocenters. The van der Waals surface area contributed by atoms with Crippen molar-refractivity contribution in [2.45, 2.75) is 0 Å². The van der Waals surface area contributed by atoms with Crippen LogP contribution >= 0.6 is 11.6 Å². The van der Waals surface area contributed by atoms with Gasteiger partial charge in [0.05, 0.1) is 29.0 Å². The van der Waals surface area contributed by atoms with E-state index >= 15 is 0 Å². The van der Waals surface area contributed by atoms with E-state index in [0.717, 1.165) is 0 Å². The summed E-state index contributed by atoms with van der Waals surface area (Å²) >= 11 is 5.88. The van der Waals surface area contributed by atoms with E-state index in [9.17, 15) is 4.39 Å². The van der Waals surface area contributed by atoms with Crippen molar-refractivity contribution < 1.29 is 13.9 Å². The maximum absolute atomic E-state index is 14.3. The Labute approximate surface area is 177 Å². The Morgan fingerprint density at radius 1 is 1.10 bits per heavy atom. The van der Waals surface area contributed by atoms with E-state index in [2.05, 4.69) is 26.8 Å². The molecule has 0 aliphatic carbocycles. The molecule has 0 bridgehead atoms. The lowest BCUT2D eigenvalue weighted by atomic mass is 10.2. The van der Waals surface area contributed by atoms with Crippen LogP contribution in [0.4, 0.5) is 15.9 Å². The first-order chi connectivity index (χ1) is 14.6. The van der Waals surface area contributed by atoms with Crippen molar-refractivity contribution in [1.29, 1.82) is 0 Å². The number of pyridine rings is 1. The SMILES string of the molecule is C=Cc1cccc(Oc2cc3c(Nc4cccc(Cl)c4F)ncnc3cc2OC)n1. The molecule has 0 aliphatic rings. The van der Waals surface area contributed by atoms with Gasteiger partial charge in [-0.1, -0.05) is 30.3 Å². The summed E-state index contributed by atoms with van der Waals surface area (Å²) in [6, 6.07) is 13.5. The summed E-state index contributed by atoms with van der Waals surface area (Å²) in [6.45, 7) is 3.71. The number of ether oxygens (including phenoxy) is 2. The Balaban J connectivity index is 1.78. The molecule has 0 atom stereocenters. The molecule has 0 aliphatic heterocycles. The van der Waals surface area contributed by atoms with Gasteiger partial charge in [0, 0.05) is 17.5 Å². The van der Waals surface area contributed by atoms with Crippen molar-refractivity contribution in [2.75, 3.05) is 12.4 Å². The van der Waals surface area contributed by atoms with Crippen LogP contribution < -0.4 is 14.8 Å². The number of anilines is 2. The number of rotatable bonds is 6. The topological polar surface area (TPSA) is 69.2 Å². The highest BCUT2D eigenvalue weighted by molar-refractivity contribution is 6.31. The number of methoxy groups -OCH3 is 1. The standard InChI is InChI=1S/C22H16ClFN4O2/c1-3-13-6-4-9-20(27-13)30-19-10-14-17(11-18(19)29-2)25-12-26-22(14)28-16-8-5-7-15(23)21(16)24/h3-12H,1H2,2H3,(H,25,26,28). The summed E-state index contributed by atoms with van der Waals surface area (Å²) in [5.41, 5.74) is 1.46. The van der Waals surface area contributed by atoms with Crippen molar-refractivity contribution in [2.24, 2.45) is 0 Å². The minimum absolute atomic E-state index is 0.0113. The number of hydrogen-bond acceptors (Lipinski definition) is 6. The van der Waals surface area contributed by atoms with E-state index in [-0.39, 0.29) is 10.7 Å². The summed E-state index contributed by atoms with van der Waals surface area (Å²) in [7, 11) is 1.53. The first-order valence-corrected chi connectivity index (χ1v) is 9.28. The molecule has 0 amide bonds. The maximum atomic E-state index is 14.3. The average Bonchev–Trinajstić information content (AvgIpc) is 2.77. The molecule has 0 fully saturated rings. The van der Waals surface area contributed by atoms with E-state index in [1.54, 1.807) is 36.4 Å². The molecule has 0 saturated heterocycles. The van der Waals surface area contributed by atoms with Crippen molar-refractivity contribution >= 4 is 40.1 Å². The minimum atomic E-state index is -0.568. The molecule has 8 heteroatoms. The van der Waals surface area contributed by atoms with Crippen LogP contribution in [-0.2, 0) is 0 Å². The third-order valence-corrected chi connectivity index (χ3v) is 4.59. The van der Waals surface area contributed by atoms with Gasteiger partial charge in [0.15, 0.2) is 17.3 Å². The molecule has 2 aromatic heterocycles. The number of hydrogen-bond donors (Lipinski definition) is 1. The summed E-state index contributed by atoms with van der Waals surface area (Å²) in [5, 5.41) is 3.58. The zero-order chi connectivity index (χ0) is 21.1. The molecule has 4 aromatic rings. The van der Waals surface area contributed by atoms with Gasteiger partial charge in [0.25, 0.3) is 0 Å². The van der Waals surface area contributed by atoms with Gasteiger partial charge < -0.3 is 14.8 Å². The number of nitrogens with one attached hydrogen (secondary N) is 1. The van der Waals surface area contributed by atoms with E-state index in [0.29, 0.717) is 39.8 Å². The summed E-state index contributed by atoms with van der Waals surface area (Å²) in [4.78, 5) is 12.9. The second-order valence-corrected chi connectivity index (χ2v) is 6.58. The van der Waals surface area contributed by atoms with Crippen LogP contribution in [0.5, 0.6) is 17.4 Å². The first kappa shape index (κ1) is 19.6. The van der Waals surface area contributed by atoms with Crippen LogP contribution in [0, 0.1) is 5.82 Å². The third-order valence-electron chi connectivity index (χ3n) is 4.29. The summed E-state index contributed by atoms with van der Waals surface area (Å²) in [5.74, 6) is 1.06. The summed E-state index contributed by atoms with van der Waals surface area (Å²) < 4.78 is 25.7. The molecule has 2 heterocycles. The molecule has 0 radical (unpaired) electrons. The predicted molar refractivity (Wildman–Crippen MR) is 115 cm³/mol. The van der Waals surface area contributed by atoms with Gasteiger partial charge in [0.1, 0.15) is 12.1 Å². The smallest absolute Gasteiger partial charge is 0.219 e. The Morgan fingerprint density at radius 3 is 2.73 bits per heavy atom. The highest BCUT2D eigenvalue weighted by Crippen LogP contribution is 2.37. The monoisotopic (exact) mass is 422 g/mol. The van der Waals surface area contributed by atoms with Gasteiger partial charge in [-0.15, -0.1) is 0 Å². The summed E-state index contributed by atoms with van der Waals surface area (Å²) in [6.07, 6.45) is 3.00. The van der Waals surface area contributed by atoms with E-state index in [1.807, 2.05) is 12.1 Å². The van der Waals surface area contributed by atoms with Crippen molar-refractivity contribution in [3.63, 3.8) is 0 Å². The number of aromatic nitrogens is 3. The van der Waals surface area contributed by atoms with Gasteiger partial charge in [-0.05, 0) is 30.3 Å². The fourth-order valence-corrected chi connectivity index (χ4v) is 3.02. The molecule has 30 heavy (non-hydrogen) atoms. The normalized spacial score (nSPS) is 10.6. The van der Waals surface area contributed by atoms with Crippen LogP contribution in [0.1, 0.15) is 5.69 Å². The highest BCUT2D eigenvalue weighted by Gasteiger charge is 2.15. The molecule has 150 valence electrons. The zero-order valence-corrected chi connectivity index (χ0v) is 16.7.